The Kier molecular flexibility index (Phi) is 4.62. The van der Waals surface area contributed by atoms with Crippen LogP contribution in [-0.4, -0.2) is 46.5 Å². The van der Waals surface area contributed by atoms with Crippen molar-refractivity contribution in [3.8, 4) is 0 Å². The van der Waals surface area contributed by atoms with Crippen LogP contribution in [0.2, 0.25) is 0 Å². The van der Waals surface area contributed by atoms with Crippen LogP contribution in [-0.2, 0) is 20.8 Å². The van der Waals surface area contributed by atoms with E-state index in [-0.39, 0.29) is 6.10 Å². The van der Waals surface area contributed by atoms with Gasteiger partial charge in [-0.3, -0.25) is 0 Å². The topological polar surface area (TPSA) is 68.2 Å². The number of hydrogen-bond donors (Lipinski definition) is 2. The Morgan fingerprint density at radius 2 is 1.75 bits per heavy atom. The molecule has 2 saturated carbocycles. The average Bonchev–Trinajstić information content (AvgIpc) is 2.96. The minimum atomic E-state index is -0.967. The standard InChI is InChI=1S/C19H26O5/c20-16-14(22-12-13-7-3-1-4-8-13)11-15-18(17(16)21)24-19(23-15)9-5-2-6-10-19/h1,3-4,7-8,14-18,20-21H,2,5-6,9-12H2/t14-,15-,16-,17-,18-/m1/s1. The van der Waals surface area contributed by atoms with Crippen molar-refractivity contribution in [2.75, 3.05) is 0 Å². The van der Waals surface area contributed by atoms with E-state index < -0.39 is 30.2 Å². The quantitative estimate of drug-likeness (QED) is 0.886. The van der Waals surface area contributed by atoms with E-state index in [0.29, 0.717) is 13.0 Å². The maximum absolute atomic E-state index is 10.5. The minimum absolute atomic E-state index is 0.206. The fourth-order valence-corrected chi connectivity index (χ4v) is 4.22. The Hall–Kier alpha value is -0.980. The van der Waals surface area contributed by atoms with E-state index >= 15 is 0 Å². The van der Waals surface area contributed by atoms with E-state index in [1.54, 1.807) is 0 Å². The first kappa shape index (κ1) is 16.5. The van der Waals surface area contributed by atoms with Crippen LogP contribution in [0.25, 0.3) is 0 Å². The van der Waals surface area contributed by atoms with Crippen molar-refractivity contribution in [3.05, 3.63) is 35.9 Å². The van der Waals surface area contributed by atoms with Gasteiger partial charge in [0.05, 0.1) is 18.8 Å². The summed E-state index contributed by atoms with van der Waals surface area (Å²) in [5.74, 6) is -0.553. The lowest BCUT2D eigenvalue weighted by Gasteiger charge is -2.37. The largest absolute Gasteiger partial charge is 0.388 e. The molecule has 5 nitrogen and oxygen atoms in total. The number of hydrogen-bond acceptors (Lipinski definition) is 5. The molecule has 24 heavy (non-hydrogen) atoms. The molecule has 0 bridgehead atoms. The fourth-order valence-electron chi connectivity index (χ4n) is 4.22. The van der Waals surface area contributed by atoms with Crippen molar-refractivity contribution in [2.24, 2.45) is 0 Å². The minimum Gasteiger partial charge on any atom is -0.388 e. The van der Waals surface area contributed by atoms with Gasteiger partial charge in [-0.2, -0.15) is 0 Å². The van der Waals surface area contributed by atoms with Gasteiger partial charge >= 0.3 is 0 Å². The maximum Gasteiger partial charge on any atom is 0.169 e. The third-order valence-electron chi connectivity index (χ3n) is 5.54. The predicted octanol–water partition coefficient (Wildman–Crippen LogP) is 2.14. The third-order valence-corrected chi connectivity index (χ3v) is 5.54. The van der Waals surface area contributed by atoms with E-state index in [1.165, 1.54) is 6.42 Å². The molecule has 1 spiro atoms. The Balaban J connectivity index is 1.42. The van der Waals surface area contributed by atoms with E-state index in [0.717, 1.165) is 31.2 Å². The molecule has 3 fully saturated rings. The molecule has 0 radical (unpaired) electrons. The second-order valence-electron chi connectivity index (χ2n) is 7.26. The van der Waals surface area contributed by atoms with Crippen molar-refractivity contribution in [1.82, 2.24) is 0 Å². The Morgan fingerprint density at radius 3 is 2.50 bits per heavy atom. The molecule has 5 heteroatoms. The number of fused-ring (bicyclic) bond motifs is 1. The molecule has 0 amide bonds. The molecule has 1 aromatic rings. The summed E-state index contributed by atoms with van der Waals surface area (Å²) in [6, 6.07) is 9.85. The summed E-state index contributed by atoms with van der Waals surface area (Å²) in [7, 11) is 0. The summed E-state index contributed by atoms with van der Waals surface area (Å²) in [4.78, 5) is 0. The highest BCUT2D eigenvalue weighted by molar-refractivity contribution is 5.13. The molecule has 3 aliphatic rings. The highest BCUT2D eigenvalue weighted by Crippen LogP contribution is 2.45. The second-order valence-corrected chi connectivity index (χ2v) is 7.26. The molecule has 0 aromatic heterocycles. The smallest absolute Gasteiger partial charge is 0.169 e. The zero-order valence-electron chi connectivity index (χ0n) is 13.8. The van der Waals surface area contributed by atoms with Crippen molar-refractivity contribution < 1.29 is 24.4 Å². The predicted molar refractivity (Wildman–Crippen MR) is 87.2 cm³/mol. The normalized spacial score (nSPS) is 38.2. The van der Waals surface area contributed by atoms with E-state index in [4.69, 9.17) is 14.2 Å². The molecule has 1 aromatic carbocycles. The fraction of sp³-hybridized carbons (Fsp3) is 0.684. The number of rotatable bonds is 3. The van der Waals surface area contributed by atoms with Gasteiger partial charge in [0.25, 0.3) is 0 Å². The maximum atomic E-state index is 10.5. The summed E-state index contributed by atoms with van der Waals surface area (Å²) >= 11 is 0. The Bertz CT molecular complexity index is 542. The van der Waals surface area contributed by atoms with Gasteiger partial charge in [0, 0.05) is 19.3 Å². The van der Waals surface area contributed by atoms with Crippen molar-refractivity contribution in [1.29, 1.82) is 0 Å². The monoisotopic (exact) mass is 334 g/mol. The van der Waals surface area contributed by atoms with E-state index in [1.807, 2.05) is 30.3 Å². The van der Waals surface area contributed by atoms with E-state index in [9.17, 15) is 10.2 Å². The van der Waals surface area contributed by atoms with Crippen LogP contribution in [0.3, 0.4) is 0 Å². The van der Waals surface area contributed by atoms with Gasteiger partial charge in [-0.25, -0.2) is 0 Å². The molecule has 1 aliphatic heterocycles. The highest BCUT2D eigenvalue weighted by atomic mass is 16.8. The van der Waals surface area contributed by atoms with Crippen molar-refractivity contribution in [2.45, 2.75) is 81.4 Å². The van der Waals surface area contributed by atoms with Crippen LogP contribution in [0.1, 0.15) is 44.1 Å². The third kappa shape index (κ3) is 3.11. The van der Waals surface area contributed by atoms with Crippen LogP contribution in [0.5, 0.6) is 0 Å². The van der Waals surface area contributed by atoms with Gasteiger partial charge in [-0.05, 0) is 18.4 Å². The summed E-state index contributed by atoms with van der Waals surface area (Å²) < 4.78 is 18.2. The SMILES string of the molecule is O[C@@H]1[C@H](O)[C@H](OCc2ccccc2)C[C@H]2OC3(CCCCC3)O[C@@H]12. The van der Waals surface area contributed by atoms with Gasteiger partial charge in [0.1, 0.15) is 18.3 Å². The molecule has 2 N–H and O–H groups in total. The van der Waals surface area contributed by atoms with Crippen LogP contribution >= 0.6 is 0 Å². The molecule has 4 rings (SSSR count). The Morgan fingerprint density at radius 1 is 1.00 bits per heavy atom. The van der Waals surface area contributed by atoms with Crippen LogP contribution < -0.4 is 0 Å². The first-order valence-electron chi connectivity index (χ1n) is 9.04. The van der Waals surface area contributed by atoms with Crippen molar-refractivity contribution in [3.63, 3.8) is 0 Å². The highest BCUT2D eigenvalue weighted by Gasteiger charge is 2.56. The second kappa shape index (κ2) is 6.73. The molecule has 132 valence electrons. The van der Waals surface area contributed by atoms with Gasteiger partial charge < -0.3 is 24.4 Å². The summed E-state index contributed by atoms with van der Waals surface area (Å²) in [5.41, 5.74) is 1.05. The zero-order valence-corrected chi connectivity index (χ0v) is 13.8. The van der Waals surface area contributed by atoms with Gasteiger partial charge in [0.2, 0.25) is 0 Å². The number of aliphatic hydroxyl groups excluding tert-OH is 2. The molecular weight excluding hydrogens is 308 g/mol. The number of aliphatic hydroxyl groups is 2. The molecule has 1 saturated heterocycles. The average molecular weight is 334 g/mol. The number of ether oxygens (including phenoxy) is 3. The van der Waals surface area contributed by atoms with Crippen molar-refractivity contribution >= 4 is 0 Å². The molecule has 2 aliphatic carbocycles. The van der Waals surface area contributed by atoms with Crippen LogP contribution in [0.4, 0.5) is 0 Å². The van der Waals surface area contributed by atoms with Gasteiger partial charge in [0.15, 0.2) is 5.79 Å². The molecule has 0 unspecified atom stereocenters. The first-order valence-corrected chi connectivity index (χ1v) is 9.04. The molecule has 1 heterocycles. The Labute approximate surface area is 142 Å². The summed E-state index contributed by atoms with van der Waals surface area (Å²) in [6.45, 7) is 0.415. The van der Waals surface area contributed by atoms with Gasteiger partial charge in [-0.15, -0.1) is 0 Å². The van der Waals surface area contributed by atoms with Crippen LogP contribution in [0, 0.1) is 0 Å². The zero-order chi connectivity index (χ0) is 16.6. The first-order chi connectivity index (χ1) is 11.7. The lowest BCUT2D eigenvalue weighted by molar-refractivity contribution is -0.202. The summed E-state index contributed by atoms with van der Waals surface area (Å²) in [6.07, 6.45) is 2.67. The lowest BCUT2D eigenvalue weighted by Crippen LogP contribution is -2.55. The lowest BCUT2D eigenvalue weighted by atomic mass is 9.87. The molecular formula is C19H26O5. The van der Waals surface area contributed by atoms with Gasteiger partial charge in [-0.1, -0.05) is 36.8 Å². The van der Waals surface area contributed by atoms with Crippen LogP contribution in [0.15, 0.2) is 30.3 Å². The summed E-state index contributed by atoms with van der Waals surface area (Å²) in [5, 5.41) is 20.9. The van der Waals surface area contributed by atoms with E-state index in [2.05, 4.69) is 0 Å². The number of benzene rings is 1. The molecule has 5 atom stereocenters.